The summed E-state index contributed by atoms with van der Waals surface area (Å²) in [5.74, 6) is 0.719. The molecule has 0 N–H and O–H groups in total. The van der Waals surface area contributed by atoms with E-state index in [0.29, 0.717) is 25.2 Å². The maximum atomic E-state index is 13.3. The average Bonchev–Trinajstić information content (AvgIpc) is 2.98. The Bertz CT molecular complexity index is 827. The van der Waals surface area contributed by atoms with E-state index >= 15 is 0 Å². The van der Waals surface area contributed by atoms with Crippen molar-refractivity contribution in [2.75, 3.05) is 27.2 Å². The van der Waals surface area contributed by atoms with Crippen LogP contribution < -0.4 is 4.74 Å². The second kappa shape index (κ2) is 7.40. The highest BCUT2D eigenvalue weighted by atomic mass is 16.5. The van der Waals surface area contributed by atoms with Gasteiger partial charge in [-0.05, 0) is 24.6 Å². The van der Waals surface area contributed by atoms with E-state index in [9.17, 15) is 9.59 Å². The number of methoxy groups -OCH3 is 1. The molecule has 6 heteroatoms. The molecule has 0 aliphatic carbocycles. The van der Waals surface area contributed by atoms with Crippen LogP contribution in [-0.4, -0.2) is 59.5 Å². The van der Waals surface area contributed by atoms with E-state index in [-0.39, 0.29) is 17.9 Å². The lowest BCUT2D eigenvalue weighted by atomic mass is 10.0. The first kappa shape index (κ1) is 18.3. The van der Waals surface area contributed by atoms with Gasteiger partial charge in [0.05, 0.1) is 12.6 Å². The molecule has 140 valence electrons. The van der Waals surface area contributed by atoms with Gasteiger partial charge < -0.3 is 19.1 Å². The van der Waals surface area contributed by atoms with Crippen LogP contribution in [0.1, 0.15) is 36.7 Å². The SMILES string of the molecule is CCCC[C@H]1C(=O)N(C)CCN1C(=O)c1cc2ccc(OC)cc2n1C. The van der Waals surface area contributed by atoms with Crippen LogP contribution in [0.25, 0.3) is 10.9 Å². The standard InChI is InChI=1S/C20H27N3O3/c1-5-6-7-16-19(24)21(2)10-11-23(16)20(25)18-12-14-8-9-15(26-4)13-17(14)22(18)3/h8-9,12-13,16H,5-7,10-11H2,1-4H3/t16-/m0/s1. The number of aryl methyl sites for hydroxylation is 1. The topological polar surface area (TPSA) is 54.8 Å². The second-order valence-electron chi connectivity index (χ2n) is 6.93. The van der Waals surface area contributed by atoms with Gasteiger partial charge in [-0.25, -0.2) is 0 Å². The minimum Gasteiger partial charge on any atom is -0.497 e. The number of amides is 2. The molecule has 0 radical (unpaired) electrons. The van der Waals surface area contributed by atoms with Crippen molar-refractivity contribution in [1.82, 2.24) is 14.4 Å². The quantitative estimate of drug-likeness (QED) is 0.827. The van der Waals surface area contributed by atoms with Crippen molar-refractivity contribution < 1.29 is 14.3 Å². The van der Waals surface area contributed by atoms with E-state index in [1.807, 2.05) is 42.9 Å². The third-order valence-corrected chi connectivity index (χ3v) is 5.28. The number of ether oxygens (including phenoxy) is 1. The van der Waals surface area contributed by atoms with Gasteiger partial charge in [0, 0.05) is 38.6 Å². The lowest BCUT2D eigenvalue weighted by Crippen LogP contribution is -2.57. The Kier molecular flexibility index (Phi) is 5.20. The van der Waals surface area contributed by atoms with Gasteiger partial charge >= 0.3 is 0 Å². The molecule has 1 aromatic heterocycles. The summed E-state index contributed by atoms with van der Waals surface area (Å²) in [6.07, 6.45) is 2.65. The molecule has 1 aliphatic heterocycles. The molecule has 0 spiro atoms. The van der Waals surface area contributed by atoms with Gasteiger partial charge in [-0.15, -0.1) is 0 Å². The predicted octanol–water partition coefficient (Wildman–Crippen LogP) is 2.66. The third kappa shape index (κ3) is 3.16. The molecule has 1 saturated heterocycles. The zero-order valence-corrected chi connectivity index (χ0v) is 16.0. The van der Waals surface area contributed by atoms with Crippen LogP contribution in [0.15, 0.2) is 24.3 Å². The summed E-state index contributed by atoms with van der Waals surface area (Å²) in [5.41, 5.74) is 1.55. The normalized spacial score (nSPS) is 17.8. The molecule has 2 heterocycles. The number of likely N-dealkylation sites (N-methyl/N-ethyl adjacent to an activating group) is 1. The summed E-state index contributed by atoms with van der Waals surface area (Å²) in [5, 5.41) is 0.988. The third-order valence-electron chi connectivity index (χ3n) is 5.28. The largest absolute Gasteiger partial charge is 0.497 e. The number of aromatic nitrogens is 1. The Morgan fingerprint density at radius 2 is 2.00 bits per heavy atom. The van der Waals surface area contributed by atoms with Crippen molar-refractivity contribution in [1.29, 1.82) is 0 Å². The van der Waals surface area contributed by atoms with Crippen molar-refractivity contribution in [3.05, 3.63) is 30.0 Å². The number of nitrogens with zero attached hydrogens (tertiary/aromatic N) is 3. The molecule has 3 rings (SSSR count). The number of hydrogen-bond donors (Lipinski definition) is 0. The van der Waals surface area contributed by atoms with Gasteiger partial charge in [-0.2, -0.15) is 0 Å². The molecule has 2 amide bonds. The highest BCUT2D eigenvalue weighted by molar-refractivity contribution is 6.01. The van der Waals surface area contributed by atoms with E-state index in [1.54, 1.807) is 16.9 Å². The maximum absolute atomic E-state index is 13.3. The summed E-state index contributed by atoms with van der Waals surface area (Å²) < 4.78 is 7.18. The smallest absolute Gasteiger partial charge is 0.271 e. The first-order valence-electron chi connectivity index (χ1n) is 9.17. The summed E-state index contributed by atoms with van der Waals surface area (Å²) >= 11 is 0. The molecule has 0 bridgehead atoms. The van der Waals surface area contributed by atoms with Crippen LogP contribution in [-0.2, 0) is 11.8 Å². The van der Waals surface area contributed by atoms with Gasteiger partial charge in [0.25, 0.3) is 5.91 Å². The van der Waals surface area contributed by atoms with E-state index in [2.05, 4.69) is 6.92 Å². The summed E-state index contributed by atoms with van der Waals surface area (Å²) in [6.45, 7) is 3.24. The van der Waals surface area contributed by atoms with Crippen LogP contribution in [0.3, 0.4) is 0 Å². The number of carbonyl (C=O) groups excluding carboxylic acids is 2. The Hall–Kier alpha value is -2.50. The number of rotatable bonds is 5. The number of fused-ring (bicyclic) bond motifs is 1. The van der Waals surface area contributed by atoms with Gasteiger partial charge in [0.15, 0.2) is 0 Å². The number of piperazine rings is 1. The van der Waals surface area contributed by atoms with E-state index in [0.717, 1.165) is 29.5 Å². The molecule has 6 nitrogen and oxygen atoms in total. The van der Waals surface area contributed by atoms with Crippen molar-refractivity contribution in [2.45, 2.75) is 32.2 Å². The van der Waals surface area contributed by atoms with Crippen LogP contribution in [0.5, 0.6) is 5.75 Å². The maximum Gasteiger partial charge on any atom is 0.271 e. The summed E-state index contributed by atoms with van der Waals surface area (Å²) in [6, 6.07) is 7.30. The number of carbonyl (C=O) groups is 2. The van der Waals surface area contributed by atoms with Gasteiger partial charge in [-0.3, -0.25) is 9.59 Å². The highest BCUT2D eigenvalue weighted by Crippen LogP contribution is 2.26. The van der Waals surface area contributed by atoms with Crippen molar-refractivity contribution >= 4 is 22.7 Å². The molecule has 1 fully saturated rings. The molecule has 0 saturated carbocycles. The average molecular weight is 357 g/mol. The molecule has 2 aromatic rings. The second-order valence-corrected chi connectivity index (χ2v) is 6.93. The number of hydrogen-bond acceptors (Lipinski definition) is 3. The fourth-order valence-corrected chi connectivity index (χ4v) is 3.62. The van der Waals surface area contributed by atoms with Crippen LogP contribution >= 0.6 is 0 Å². The zero-order chi connectivity index (χ0) is 18.8. The number of benzene rings is 1. The number of unbranched alkanes of at least 4 members (excludes halogenated alkanes) is 1. The predicted molar refractivity (Wildman–Crippen MR) is 101 cm³/mol. The first-order valence-corrected chi connectivity index (χ1v) is 9.17. The molecule has 1 aliphatic rings. The Morgan fingerprint density at radius 1 is 1.23 bits per heavy atom. The minimum atomic E-state index is -0.367. The summed E-state index contributed by atoms with van der Waals surface area (Å²) in [4.78, 5) is 29.4. The van der Waals surface area contributed by atoms with Crippen LogP contribution in [0.2, 0.25) is 0 Å². The van der Waals surface area contributed by atoms with Gasteiger partial charge in [0.1, 0.15) is 17.5 Å². The molecular formula is C20H27N3O3. The van der Waals surface area contributed by atoms with Gasteiger partial charge in [0.2, 0.25) is 5.91 Å². The van der Waals surface area contributed by atoms with Crippen molar-refractivity contribution in [2.24, 2.45) is 7.05 Å². The fourth-order valence-electron chi connectivity index (χ4n) is 3.62. The lowest BCUT2D eigenvalue weighted by molar-refractivity contribution is -0.138. The molecule has 0 unspecified atom stereocenters. The Balaban J connectivity index is 1.95. The van der Waals surface area contributed by atoms with Crippen molar-refractivity contribution in [3.8, 4) is 5.75 Å². The fraction of sp³-hybridized carbons (Fsp3) is 0.500. The van der Waals surface area contributed by atoms with E-state index < -0.39 is 0 Å². The summed E-state index contributed by atoms with van der Waals surface area (Å²) in [7, 11) is 5.32. The van der Waals surface area contributed by atoms with Crippen molar-refractivity contribution in [3.63, 3.8) is 0 Å². The lowest BCUT2D eigenvalue weighted by Gasteiger charge is -2.39. The van der Waals surface area contributed by atoms with E-state index in [4.69, 9.17) is 4.74 Å². The van der Waals surface area contributed by atoms with Crippen LogP contribution in [0, 0.1) is 0 Å². The Labute approximate surface area is 154 Å². The van der Waals surface area contributed by atoms with Crippen LogP contribution in [0.4, 0.5) is 0 Å². The molecular weight excluding hydrogens is 330 g/mol. The first-order chi connectivity index (χ1) is 12.5. The molecule has 1 aromatic carbocycles. The zero-order valence-electron chi connectivity index (χ0n) is 16.0. The van der Waals surface area contributed by atoms with Gasteiger partial charge in [-0.1, -0.05) is 19.8 Å². The minimum absolute atomic E-state index is 0.0403. The highest BCUT2D eigenvalue weighted by Gasteiger charge is 2.36. The monoisotopic (exact) mass is 357 g/mol. The Morgan fingerprint density at radius 3 is 2.69 bits per heavy atom. The van der Waals surface area contributed by atoms with E-state index in [1.165, 1.54) is 0 Å². The molecule has 26 heavy (non-hydrogen) atoms. The molecule has 1 atom stereocenters.